The highest BCUT2D eigenvalue weighted by molar-refractivity contribution is 7.89. The Hall–Kier alpha value is -1.97. The van der Waals surface area contributed by atoms with Crippen LogP contribution in [0.15, 0.2) is 23.1 Å². The van der Waals surface area contributed by atoms with E-state index in [1.54, 1.807) is 0 Å². The molecule has 142 valence electrons. The van der Waals surface area contributed by atoms with Gasteiger partial charge in [0.25, 0.3) is 0 Å². The van der Waals surface area contributed by atoms with Gasteiger partial charge in [-0.15, -0.1) is 0 Å². The molecular weight excluding hydrogens is 358 g/mol. The summed E-state index contributed by atoms with van der Waals surface area (Å²) in [6, 6.07) is 4.31. The van der Waals surface area contributed by atoms with Gasteiger partial charge in [0, 0.05) is 39.0 Å². The smallest absolute Gasteiger partial charge is 0.243 e. The first-order valence-electron chi connectivity index (χ1n) is 8.64. The van der Waals surface area contributed by atoms with Crippen LogP contribution in [0, 0.1) is 0 Å². The molecule has 8 nitrogen and oxygen atoms in total. The molecular formula is C17H23N3O5S. The molecule has 0 aromatic heterocycles. The molecule has 0 saturated carbocycles. The van der Waals surface area contributed by atoms with Crippen LogP contribution in [0.3, 0.4) is 0 Å². The maximum absolute atomic E-state index is 13.0. The molecule has 9 heteroatoms. The van der Waals surface area contributed by atoms with Crippen molar-refractivity contribution in [2.75, 3.05) is 44.7 Å². The van der Waals surface area contributed by atoms with Gasteiger partial charge in [-0.1, -0.05) is 6.92 Å². The lowest BCUT2D eigenvalue weighted by atomic mass is 10.2. The minimum absolute atomic E-state index is 0.0609. The molecule has 26 heavy (non-hydrogen) atoms. The molecule has 0 bridgehead atoms. The molecule has 0 atom stereocenters. The van der Waals surface area contributed by atoms with Crippen molar-refractivity contribution in [2.45, 2.75) is 24.7 Å². The summed E-state index contributed by atoms with van der Waals surface area (Å²) in [5, 5.41) is 0. The summed E-state index contributed by atoms with van der Waals surface area (Å²) in [5.74, 6) is -0.401. The lowest BCUT2D eigenvalue weighted by Gasteiger charge is -2.33. The number of benzene rings is 1. The summed E-state index contributed by atoms with van der Waals surface area (Å²) in [5.41, 5.74) is 0.188. The Morgan fingerprint density at radius 3 is 2.19 bits per heavy atom. The number of rotatable bonds is 5. The number of piperazine rings is 1. The summed E-state index contributed by atoms with van der Waals surface area (Å²) in [6.45, 7) is 5.13. The van der Waals surface area contributed by atoms with Crippen LogP contribution in [0.2, 0.25) is 0 Å². The summed E-state index contributed by atoms with van der Waals surface area (Å²) in [7, 11) is -2.29. The number of anilines is 1. The second-order valence-electron chi connectivity index (χ2n) is 6.29. The fourth-order valence-corrected chi connectivity index (χ4v) is 4.73. The lowest BCUT2D eigenvalue weighted by Crippen LogP contribution is -2.48. The Bertz CT molecular complexity index is 800. The standard InChI is InChI=1S/C17H23N3O5S/c1-3-18-8-10-19(11-9-18)26(23,24)13-4-5-15(25-2)14(12-13)20-16(21)6-7-17(20)22/h4-5,12H,3,6-11H2,1-2H3. The zero-order valence-corrected chi connectivity index (χ0v) is 15.8. The van der Waals surface area contributed by atoms with E-state index in [0.29, 0.717) is 31.9 Å². The number of carbonyl (C=O) groups excluding carboxylic acids is 2. The van der Waals surface area contributed by atoms with Crippen molar-refractivity contribution in [3.05, 3.63) is 18.2 Å². The van der Waals surface area contributed by atoms with Crippen LogP contribution in [0.4, 0.5) is 5.69 Å². The zero-order chi connectivity index (χ0) is 18.9. The van der Waals surface area contributed by atoms with E-state index in [1.807, 2.05) is 6.92 Å². The van der Waals surface area contributed by atoms with E-state index in [4.69, 9.17) is 4.74 Å². The van der Waals surface area contributed by atoms with Crippen LogP contribution < -0.4 is 9.64 Å². The third-order valence-corrected chi connectivity index (χ3v) is 6.75. The quantitative estimate of drug-likeness (QED) is 0.697. The van der Waals surface area contributed by atoms with Crippen molar-refractivity contribution < 1.29 is 22.7 Å². The van der Waals surface area contributed by atoms with E-state index in [2.05, 4.69) is 4.90 Å². The van der Waals surface area contributed by atoms with Gasteiger partial charge in [-0.3, -0.25) is 9.59 Å². The Morgan fingerprint density at radius 1 is 1.04 bits per heavy atom. The largest absolute Gasteiger partial charge is 0.495 e. The highest BCUT2D eigenvalue weighted by Crippen LogP contribution is 2.35. The lowest BCUT2D eigenvalue weighted by molar-refractivity contribution is -0.121. The predicted molar refractivity (Wildman–Crippen MR) is 95.6 cm³/mol. The zero-order valence-electron chi connectivity index (χ0n) is 15.0. The number of likely N-dealkylation sites (N-methyl/N-ethyl adjacent to an activating group) is 1. The Balaban J connectivity index is 1.94. The minimum Gasteiger partial charge on any atom is -0.495 e. The fraction of sp³-hybridized carbons (Fsp3) is 0.529. The fourth-order valence-electron chi connectivity index (χ4n) is 3.29. The highest BCUT2D eigenvalue weighted by atomic mass is 32.2. The maximum Gasteiger partial charge on any atom is 0.243 e. The van der Waals surface area contributed by atoms with Gasteiger partial charge in [0.2, 0.25) is 21.8 Å². The number of amides is 2. The number of sulfonamides is 1. The average molecular weight is 381 g/mol. The van der Waals surface area contributed by atoms with Crippen LogP contribution in [0.1, 0.15) is 19.8 Å². The molecule has 2 aliphatic rings. The molecule has 3 rings (SSSR count). The van der Waals surface area contributed by atoms with Gasteiger partial charge in [0.1, 0.15) is 5.75 Å². The van der Waals surface area contributed by atoms with Gasteiger partial charge in [0.15, 0.2) is 0 Å². The summed E-state index contributed by atoms with van der Waals surface area (Å²) < 4.78 is 32.7. The molecule has 0 aliphatic carbocycles. The molecule has 0 N–H and O–H groups in total. The number of hydrogen-bond donors (Lipinski definition) is 0. The Labute approximate surface area is 153 Å². The maximum atomic E-state index is 13.0. The van der Waals surface area contributed by atoms with E-state index in [0.717, 1.165) is 11.4 Å². The van der Waals surface area contributed by atoms with Gasteiger partial charge in [-0.05, 0) is 24.7 Å². The van der Waals surface area contributed by atoms with Crippen molar-refractivity contribution in [1.82, 2.24) is 9.21 Å². The first kappa shape index (κ1) is 18.8. The van der Waals surface area contributed by atoms with Gasteiger partial charge >= 0.3 is 0 Å². The number of methoxy groups -OCH3 is 1. The van der Waals surface area contributed by atoms with E-state index in [-0.39, 0.29) is 35.2 Å². The van der Waals surface area contributed by atoms with Crippen molar-refractivity contribution >= 4 is 27.5 Å². The molecule has 2 fully saturated rings. The molecule has 1 aromatic rings. The molecule has 0 spiro atoms. The second kappa shape index (κ2) is 7.34. The minimum atomic E-state index is -3.70. The van der Waals surface area contributed by atoms with Crippen LogP contribution in [0.5, 0.6) is 5.75 Å². The Morgan fingerprint density at radius 2 is 1.65 bits per heavy atom. The molecule has 0 unspecified atom stereocenters. The van der Waals surface area contributed by atoms with E-state index in [1.165, 1.54) is 29.6 Å². The summed E-state index contributed by atoms with van der Waals surface area (Å²) in [6.07, 6.45) is 0.246. The SMILES string of the molecule is CCN1CCN(S(=O)(=O)c2ccc(OC)c(N3C(=O)CCC3=O)c2)CC1. The normalized spacial score (nSPS) is 20.0. The summed E-state index contributed by atoms with van der Waals surface area (Å²) >= 11 is 0. The average Bonchev–Trinajstić information content (AvgIpc) is 2.99. The Kier molecular flexibility index (Phi) is 5.31. The van der Waals surface area contributed by atoms with Gasteiger partial charge in [-0.2, -0.15) is 4.31 Å². The monoisotopic (exact) mass is 381 g/mol. The number of hydrogen-bond acceptors (Lipinski definition) is 6. The molecule has 2 aliphatic heterocycles. The number of carbonyl (C=O) groups is 2. The van der Waals surface area contributed by atoms with E-state index in [9.17, 15) is 18.0 Å². The van der Waals surface area contributed by atoms with Gasteiger partial charge in [-0.25, -0.2) is 13.3 Å². The van der Waals surface area contributed by atoms with Crippen LogP contribution in [-0.2, 0) is 19.6 Å². The number of imide groups is 1. The first-order chi connectivity index (χ1) is 12.4. The number of ether oxygens (including phenoxy) is 1. The molecule has 2 heterocycles. The highest BCUT2D eigenvalue weighted by Gasteiger charge is 2.34. The van der Waals surface area contributed by atoms with Crippen molar-refractivity contribution in [1.29, 1.82) is 0 Å². The molecule has 1 aromatic carbocycles. The molecule has 0 radical (unpaired) electrons. The van der Waals surface area contributed by atoms with Gasteiger partial charge < -0.3 is 9.64 Å². The van der Waals surface area contributed by atoms with Crippen LogP contribution >= 0.6 is 0 Å². The summed E-state index contributed by atoms with van der Waals surface area (Å²) in [4.78, 5) is 27.4. The predicted octanol–water partition coefficient (Wildman–Crippen LogP) is 0.675. The van der Waals surface area contributed by atoms with Crippen molar-refractivity contribution in [2.24, 2.45) is 0 Å². The van der Waals surface area contributed by atoms with Crippen molar-refractivity contribution in [3.8, 4) is 5.75 Å². The van der Waals surface area contributed by atoms with E-state index < -0.39 is 10.0 Å². The van der Waals surface area contributed by atoms with E-state index >= 15 is 0 Å². The third-order valence-electron chi connectivity index (χ3n) is 4.86. The second-order valence-corrected chi connectivity index (χ2v) is 8.23. The molecule has 2 saturated heterocycles. The number of nitrogens with zero attached hydrogens (tertiary/aromatic N) is 3. The first-order valence-corrected chi connectivity index (χ1v) is 10.1. The van der Waals surface area contributed by atoms with Crippen molar-refractivity contribution in [3.63, 3.8) is 0 Å². The van der Waals surface area contributed by atoms with Crippen LogP contribution in [-0.4, -0.2) is 69.3 Å². The van der Waals surface area contributed by atoms with Crippen LogP contribution in [0.25, 0.3) is 0 Å². The van der Waals surface area contributed by atoms with Gasteiger partial charge in [0.05, 0.1) is 17.7 Å². The topological polar surface area (TPSA) is 87.2 Å². The third kappa shape index (κ3) is 3.34. The molecule has 2 amide bonds.